The number of fused-ring (bicyclic) bond motifs is 1. The van der Waals surface area contributed by atoms with Crippen LogP contribution in [-0.2, 0) is 0 Å². The molecule has 4 amide bonds. The molecular formula is C17H21N3O4. The highest BCUT2D eigenvalue weighted by Gasteiger charge is 2.40. The number of hydrogen-bond acceptors (Lipinski definition) is 4. The predicted octanol–water partition coefficient (Wildman–Crippen LogP) is 1.73. The van der Waals surface area contributed by atoms with Gasteiger partial charge >= 0.3 is 6.03 Å². The number of amides is 4. The second kappa shape index (κ2) is 7.00. The fraction of sp³-hybridized carbons (Fsp3) is 0.471. The van der Waals surface area contributed by atoms with Crippen LogP contribution in [0.2, 0.25) is 0 Å². The van der Waals surface area contributed by atoms with Gasteiger partial charge in [-0.1, -0.05) is 19.3 Å². The third kappa shape index (κ3) is 3.12. The Hall–Kier alpha value is -2.41. The van der Waals surface area contributed by atoms with Crippen LogP contribution in [0.4, 0.5) is 10.5 Å². The summed E-state index contributed by atoms with van der Waals surface area (Å²) in [6.45, 7) is -0.00933. The molecule has 0 atom stereocenters. The van der Waals surface area contributed by atoms with Gasteiger partial charge in [-0.2, -0.15) is 0 Å². The fourth-order valence-corrected chi connectivity index (χ4v) is 3.35. The number of nitrogens with one attached hydrogen (secondary N) is 2. The van der Waals surface area contributed by atoms with Crippen LogP contribution in [0.1, 0.15) is 52.8 Å². The first kappa shape index (κ1) is 16.4. The van der Waals surface area contributed by atoms with E-state index in [2.05, 4.69) is 10.6 Å². The van der Waals surface area contributed by atoms with E-state index >= 15 is 0 Å². The van der Waals surface area contributed by atoms with E-state index < -0.39 is 6.03 Å². The molecule has 24 heavy (non-hydrogen) atoms. The first-order valence-electron chi connectivity index (χ1n) is 8.29. The highest BCUT2D eigenvalue weighted by molar-refractivity contribution is 6.22. The molecule has 7 nitrogen and oxygen atoms in total. The summed E-state index contributed by atoms with van der Waals surface area (Å²) in [6.07, 6.45) is 4.95. The summed E-state index contributed by atoms with van der Waals surface area (Å²) in [6, 6.07) is 4.24. The number of urea groups is 1. The van der Waals surface area contributed by atoms with Crippen molar-refractivity contribution in [2.24, 2.45) is 0 Å². The molecule has 1 aromatic rings. The van der Waals surface area contributed by atoms with Crippen LogP contribution in [-0.4, -0.2) is 47.0 Å². The van der Waals surface area contributed by atoms with Gasteiger partial charge in [0.1, 0.15) is 0 Å². The zero-order chi connectivity index (χ0) is 17.1. The standard InChI is InChI=1S/C17H21N3O4/c21-9-8-18-17(24)19-11-6-7-13-14(10-11)16(23)20(15(13)22)12-4-2-1-3-5-12/h6-7,10,12,21H,1-5,8-9H2,(H2,18,19,24). The van der Waals surface area contributed by atoms with Crippen LogP contribution in [0.15, 0.2) is 18.2 Å². The van der Waals surface area contributed by atoms with Gasteiger partial charge in [-0.25, -0.2) is 4.79 Å². The van der Waals surface area contributed by atoms with Crippen molar-refractivity contribution in [3.63, 3.8) is 0 Å². The Morgan fingerprint density at radius 3 is 2.54 bits per heavy atom. The lowest BCUT2D eigenvalue weighted by atomic mass is 9.94. The van der Waals surface area contributed by atoms with E-state index in [1.54, 1.807) is 12.1 Å². The van der Waals surface area contributed by atoms with Crippen LogP contribution in [0, 0.1) is 0 Å². The van der Waals surface area contributed by atoms with Crippen molar-refractivity contribution < 1.29 is 19.5 Å². The summed E-state index contributed by atoms with van der Waals surface area (Å²) in [5.74, 6) is -0.514. The number of nitrogens with zero attached hydrogens (tertiary/aromatic N) is 1. The minimum atomic E-state index is -0.468. The molecule has 1 heterocycles. The maximum Gasteiger partial charge on any atom is 0.319 e. The van der Waals surface area contributed by atoms with Gasteiger partial charge in [0.15, 0.2) is 0 Å². The van der Waals surface area contributed by atoms with Crippen molar-refractivity contribution in [2.75, 3.05) is 18.5 Å². The largest absolute Gasteiger partial charge is 0.395 e. The van der Waals surface area contributed by atoms with Crippen molar-refractivity contribution in [2.45, 2.75) is 38.1 Å². The van der Waals surface area contributed by atoms with Gasteiger partial charge in [-0.05, 0) is 31.0 Å². The molecule has 3 rings (SSSR count). The molecule has 1 saturated carbocycles. The van der Waals surface area contributed by atoms with Crippen molar-refractivity contribution >= 4 is 23.5 Å². The van der Waals surface area contributed by atoms with Gasteiger partial charge in [0, 0.05) is 18.3 Å². The van der Waals surface area contributed by atoms with Crippen LogP contribution in [0.5, 0.6) is 0 Å². The summed E-state index contributed by atoms with van der Waals surface area (Å²) >= 11 is 0. The van der Waals surface area contributed by atoms with E-state index in [0.29, 0.717) is 16.8 Å². The molecule has 0 aromatic heterocycles. The van der Waals surface area contributed by atoms with Gasteiger partial charge in [0.25, 0.3) is 11.8 Å². The van der Waals surface area contributed by atoms with Crippen LogP contribution in [0.25, 0.3) is 0 Å². The van der Waals surface area contributed by atoms with Crippen molar-refractivity contribution in [3.8, 4) is 0 Å². The highest BCUT2D eigenvalue weighted by Crippen LogP contribution is 2.32. The minimum Gasteiger partial charge on any atom is -0.395 e. The number of aliphatic hydroxyl groups excluding tert-OH is 1. The highest BCUT2D eigenvalue weighted by atomic mass is 16.3. The minimum absolute atomic E-state index is 0.0181. The smallest absolute Gasteiger partial charge is 0.319 e. The van der Waals surface area contributed by atoms with E-state index in [1.165, 1.54) is 11.0 Å². The number of carbonyl (C=O) groups is 3. The average molecular weight is 331 g/mol. The SMILES string of the molecule is O=C(NCCO)Nc1ccc2c(c1)C(=O)N(C1CCCCC1)C2=O. The lowest BCUT2D eigenvalue weighted by Gasteiger charge is -2.29. The number of benzene rings is 1. The summed E-state index contributed by atoms with van der Waals surface area (Å²) in [4.78, 5) is 38.2. The molecule has 0 spiro atoms. The summed E-state index contributed by atoms with van der Waals surface area (Å²) in [5.41, 5.74) is 1.17. The number of aliphatic hydroxyl groups is 1. The summed E-state index contributed by atoms with van der Waals surface area (Å²) in [7, 11) is 0. The topological polar surface area (TPSA) is 98.7 Å². The van der Waals surface area contributed by atoms with Gasteiger partial charge in [-0.3, -0.25) is 14.5 Å². The Bertz CT molecular complexity index is 668. The van der Waals surface area contributed by atoms with Crippen LogP contribution in [0.3, 0.4) is 0 Å². The fourth-order valence-electron chi connectivity index (χ4n) is 3.35. The third-order valence-electron chi connectivity index (χ3n) is 4.51. The Balaban J connectivity index is 1.77. The maximum absolute atomic E-state index is 12.7. The molecule has 1 fully saturated rings. The quantitative estimate of drug-likeness (QED) is 0.732. The van der Waals surface area contributed by atoms with Crippen molar-refractivity contribution in [1.29, 1.82) is 0 Å². The molecular weight excluding hydrogens is 310 g/mol. The molecule has 0 radical (unpaired) electrons. The van der Waals surface area contributed by atoms with Gasteiger partial charge in [0.2, 0.25) is 0 Å². The molecule has 3 N–H and O–H groups in total. The third-order valence-corrected chi connectivity index (χ3v) is 4.51. The number of anilines is 1. The molecule has 2 aliphatic rings. The second-order valence-electron chi connectivity index (χ2n) is 6.14. The monoisotopic (exact) mass is 331 g/mol. The number of hydrogen-bond donors (Lipinski definition) is 3. The lowest BCUT2D eigenvalue weighted by Crippen LogP contribution is -2.40. The van der Waals surface area contributed by atoms with Crippen molar-refractivity contribution in [1.82, 2.24) is 10.2 Å². The first-order valence-corrected chi connectivity index (χ1v) is 8.29. The van der Waals surface area contributed by atoms with Gasteiger partial charge < -0.3 is 15.7 Å². The molecule has 0 bridgehead atoms. The zero-order valence-corrected chi connectivity index (χ0v) is 13.4. The summed E-state index contributed by atoms with van der Waals surface area (Å²) < 4.78 is 0. The van der Waals surface area contributed by atoms with E-state index in [4.69, 9.17) is 5.11 Å². The van der Waals surface area contributed by atoms with Crippen LogP contribution >= 0.6 is 0 Å². The molecule has 1 aliphatic heterocycles. The zero-order valence-electron chi connectivity index (χ0n) is 13.4. The van der Waals surface area contributed by atoms with E-state index in [1.807, 2.05) is 0 Å². The Kier molecular flexibility index (Phi) is 4.80. The van der Waals surface area contributed by atoms with Gasteiger partial charge in [-0.15, -0.1) is 0 Å². The predicted molar refractivity (Wildman–Crippen MR) is 87.9 cm³/mol. The Morgan fingerprint density at radius 2 is 1.83 bits per heavy atom. The van der Waals surface area contributed by atoms with E-state index in [-0.39, 0.29) is 31.0 Å². The molecule has 0 saturated heterocycles. The first-order chi connectivity index (χ1) is 11.6. The summed E-state index contributed by atoms with van der Waals surface area (Å²) in [5, 5.41) is 13.8. The molecule has 1 aromatic carbocycles. The average Bonchev–Trinajstić information content (AvgIpc) is 2.84. The molecule has 7 heteroatoms. The van der Waals surface area contributed by atoms with Crippen molar-refractivity contribution in [3.05, 3.63) is 29.3 Å². The lowest BCUT2D eigenvalue weighted by molar-refractivity contribution is 0.0549. The van der Waals surface area contributed by atoms with Crippen LogP contribution < -0.4 is 10.6 Å². The molecule has 0 unspecified atom stereocenters. The number of rotatable bonds is 4. The Labute approximate surface area is 140 Å². The normalized spacial score (nSPS) is 17.8. The van der Waals surface area contributed by atoms with Gasteiger partial charge in [0.05, 0.1) is 17.7 Å². The number of imide groups is 1. The maximum atomic E-state index is 12.7. The van der Waals surface area contributed by atoms with E-state index in [9.17, 15) is 14.4 Å². The number of carbonyl (C=O) groups excluding carboxylic acids is 3. The van der Waals surface area contributed by atoms with E-state index in [0.717, 1.165) is 32.1 Å². The Morgan fingerprint density at radius 1 is 1.12 bits per heavy atom. The second-order valence-corrected chi connectivity index (χ2v) is 6.14. The molecule has 1 aliphatic carbocycles. The molecule has 128 valence electrons.